The first-order valence-corrected chi connectivity index (χ1v) is 18.3. The number of rotatable bonds is 1. The lowest BCUT2D eigenvalue weighted by atomic mass is 9.92. The molecule has 0 amide bonds. The van der Waals surface area contributed by atoms with E-state index in [1.807, 2.05) is 0 Å². The van der Waals surface area contributed by atoms with Crippen LogP contribution in [0.4, 0.5) is 0 Å². The average Bonchev–Trinajstić information content (AvgIpc) is 2.34. The molecule has 0 aromatic heterocycles. The van der Waals surface area contributed by atoms with Gasteiger partial charge in [-0.2, -0.15) is 0 Å². The summed E-state index contributed by atoms with van der Waals surface area (Å²) in [7, 11) is -4.71. The van der Waals surface area contributed by atoms with Crippen molar-refractivity contribution in [3.8, 4) is 34.4 Å². The number of hydrogen-bond donors (Lipinski definition) is 0. The lowest BCUT2D eigenvalue weighted by Crippen LogP contribution is -2.23. The van der Waals surface area contributed by atoms with Crippen molar-refractivity contribution in [2.24, 2.45) is 5.41 Å². The Kier molecular flexibility index (Phi) is 7.33. The molecule has 0 heterocycles. The third-order valence-electron chi connectivity index (χ3n) is 2.24. The van der Waals surface area contributed by atoms with Gasteiger partial charge in [-0.15, -0.1) is 21.4 Å². The molecule has 0 atom stereocenters. The largest absolute Gasteiger partial charge is 0.348 e. The molecule has 0 rings (SSSR count). The van der Waals surface area contributed by atoms with E-state index in [1.165, 1.54) is 0 Å². The standard InChI is InChI=1S/C18H28N2Si3/c1-21(2,3)15-11-18(10-14-20-19,12-16-22(4,5)6)13-17-23(7,8)9/h10H,1-9H3. The summed E-state index contributed by atoms with van der Waals surface area (Å²) in [6.45, 7) is 19.7. The maximum atomic E-state index is 8.78. The highest BCUT2D eigenvalue weighted by Crippen LogP contribution is 2.17. The smallest absolute Gasteiger partial charge is 0.298 e. The van der Waals surface area contributed by atoms with Crippen LogP contribution in [0, 0.1) is 39.8 Å². The molecule has 0 fully saturated rings. The number of hydrogen-bond acceptors (Lipinski definition) is 0. The fourth-order valence-corrected chi connectivity index (χ4v) is 2.90. The normalized spacial score (nSPS) is 11.3. The van der Waals surface area contributed by atoms with Gasteiger partial charge in [0, 0.05) is 0 Å². The van der Waals surface area contributed by atoms with Crippen LogP contribution >= 0.6 is 0 Å². The van der Waals surface area contributed by atoms with E-state index in [9.17, 15) is 0 Å². The minimum atomic E-state index is -1.57. The molecule has 23 heavy (non-hydrogen) atoms. The predicted molar refractivity (Wildman–Crippen MR) is 109 cm³/mol. The van der Waals surface area contributed by atoms with E-state index in [4.69, 9.17) is 5.53 Å². The molecule has 0 radical (unpaired) electrons. The second-order valence-electron chi connectivity index (χ2n) is 8.68. The quantitative estimate of drug-likeness (QED) is 0.223. The lowest BCUT2D eigenvalue weighted by Gasteiger charge is -2.14. The fraction of sp³-hybridized carbons (Fsp3) is 0.556. The van der Waals surface area contributed by atoms with E-state index in [0.717, 1.165) is 0 Å². The van der Waals surface area contributed by atoms with E-state index in [-0.39, 0.29) is 0 Å². The molecule has 0 unspecified atom stereocenters. The summed E-state index contributed by atoms with van der Waals surface area (Å²) in [5, 5.41) is 0. The first-order chi connectivity index (χ1) is 10.2. The van der Waals surface area contributed by atoms with E-state index >= 15 is 0 Å². The van der Waals surface area contributed by atoms with Crippen molar-refractivity contribution in [1.82, 2.24) is 0 Å². The number of allylic oxidation sites excluding steroid dienone is 1. The molecular weight excluding hydrogens is 328 g/mol. The van der Waals surface area contributed by atoms with Gasteiger partial charge >= 0.3 is 0 Å². The molecule has 0 saturated heterocycles. The Morgan fingerprint density at radius 3 is 1.22 bits per heavy atom. The Morgan fingerprint density at radius 1 is 0.696 bits per heavy atom. The van der Waals surface area contributed by atoms with Gasteiger partial charge in [-0.3, -0.25) is 0 Å². The fourth-order valence-electron chi connectivity index (χ4n) is 1.19. The van der Waals surface area contributed by atoms with Crippen LogP contribution < -0.4 is 0 Å². The Balaban J connectivity index is 6.49. The van der Waals surface area contributed by atoms with Crippen LogP contribution in [-0.2, 0) is 0 Å². The highest BCUT2D eigenvalue weighted by Gasteiger charge is 2.24. The van der Waals surface area contributed by atoms with E-state index < -0.39 is 29.6 Å². The van der Waals surface area contributed by atoms with E-state index in [0.29, 0.717) is 0 Å². The zero-order chi connectivity index (χ0) is 18.4. The molecule has 0 aromatic carbocycles. The van der Waals surface area contributed by atoms with Crippen LogP contribution in [0.2, 0.25) is 58.9 Å². The minimum absolute atomic E-state index is 0.896. The highest BCUT2D eigenvalue weighted by atomic mass is 28.3. The molecule has 5 heteroatoms. The zero-order valence-electron chi connectivity index (χ0n) is 16.0. The Hall–Kier alpha value is -1.51. The molecular formula is C18H28N2Si3. The Morgan fingerprint density at radius 2 is 1.00 bits per heavy atom. The lowest BCUT2D eigenvalue weighted by molar-refractivity contribution is 0.00772. The van der Waals surface area contributed by atoms with Crippen molar-refractivity contribution < 1.29 is 4.79 Å². The third-order valence-corrected chi connectivity index (χ3v) is 4.87. The predicted octanol–water partition coefficient (Wildman–Crippen LogP) is 4.07. The van der Waals surface area contributed by atoms with Crippen LogP contribution in [-0.4, -0.2) is 34.9 Å². The molecule has 0 N–H and O–H groups in total. The molecule has 2 nitrogen and oxygen atoms in total. The monoisotopic (exact) mass is 356 g/mol. The zero-order valence-corrected chi connectivity index (χ0v) is 19.0. The maximum Gasteiger partial charge on any atom is 0.298 e. The van der Waals surface area contributed by atoms with Gasteiger partial charge in [0.15, 0.2) is 5.41 Å². The molecule has 0 saturated carbocycles. The second-order valence-corrected chi connectivity index (χ2v) is 22.9. The van der Waals surface area contributed by atoms with Crippen molar-refractivity contribution in [2.75, 3.05) is 0 Å². The Labute approximate surface area is 145 Å². The SMILES string of the molecule is C[Si](C)(C)C#CC(C#C[Si](C)(C)C)(C#C[Si](C)(C)C)C=C=[N+]=[N-]. The van der Waals surface area contributed by atoms with Gasteiger partial charge in [0.25, 0.3) is 5.87 Å². The summed E-state index contributed by atoms with van der Waals surface area (Å²) in [5.74, 6) is 12.3. The van der Waals surface area contributed by atoms with Crippen LogP contribution in [0.15, 0.2) is 6.08 Å². The second kappa shape index (κ2) is 7.85. The summed E-state index contributed by atoms with van der Waals surface area (Å²) < 4.78 is 0. The van der Waals surface area contributed by atoms with E-state index in [1.54, 1.807) is 6.08 Å². The average molecular weight is 357 g/mol. The Bertz CT molecular complexity index is 620. The number of nitrogens with zero attached hydrogens (tertiary/aromatic N) is 2. The van der Waals surface area contributed by atoms with Gasteiger partial charge in [-0.05, 0) is 0 Å². The summed E-state index contributed by atoms with van der Waals surface area (Å²) in [6, 6.07) is 0. The molecule has 0 aliphatic heterocycles. The molecule has 0 spiro atoms. The van der Waals surface area contributed by atoms with Crippen molar-refractivity contribution in [3.63, 3.8) is 0 Å². The van der Waals surface area contributed by atoms with Gasteiger partial charge < -0.3 is 5.53 Å². The van der Waals surface area contributed by atoms with Crippen LogP contribution in [0.1, 0.15) is 0 Å². The van der Waals surface area contributed by atoms with Gasteiger partial charge in [0.05, 0.1) is 6.08 Å². The molecule has 0 aliphatic rings. The van der Waals surface area contributed by atoms with Crippen molar-refractivity contribution >= 4 is 30.1 Å². The van der Waals surface area contributed by atoms with Crippen molar-refractivity contribution in [3.05, 3.63) is 11.6 Å². The highest BCUT2D eigenvalue weighted by molar-refractivity contribution is 6.84. The van der Waals surface area contributed by atoms with Gasteiger partial charge in [-0.1, -0.05) is 76.7 Å². The van der Waals surface area contributed by atoms with Crippen LogP contribution in [0.3, 0.4) is 0 Å². The first kappa shape index (κ1) is 21.5. The topological polar surface area (TPSA) is 36.4 Å². The van der Waals surface area contributed by atoms with Gasteiger partial charge in [0.2, 0.25) is 0 Å². The van der Waals surface area contributed by atoms with Gasteiger partial charge in [-0.25, -0.2) is 0 Å². The van der Waals surface area contributed by atoms with Crippen molar-refractivity contribution in [1.29, 1.82) is 0 Å². The summed E-state index contributed by atoms with van der Waals surface area (Å²) in [4.78, 5) is 2.98. The first-order valence-electron chi connectivity index (χ1n) is 7.75. The molecule has 0 bridgehead atoms. The minimum Gasteiger partial charge on any atom is -0.348 e. The van der Waals surface area contributed by atoms with Gasteiger partial charge in [0.1, 0.15) is 24.2 Å². The maximum absolute atomic E-state index is 8.78. The van der Waals surface area contributed by atoms with Crippen LogP contribution in [0.5, 0.6) is 0 Å². The van der Waals surface area contributed by atoms with Crippen molar-refractivity contribution in [2.45, 2.75) is 58.9 Å². The van der Waals surface area contributed by atoms with E-state index in [2.05, 4.69) is 104 Å². The van der Waals surface area contributed by atoms with Crippen LogP contribution in [0.25, 0.3) is 5.53 Å². The molecule has 0 aromatic rings. The summed E-state index contributed by atoms with van der Waals surface area (Å²) in [6.07, 6.45) is 1.60. The summed E-state index contributed by atoms with van der Waals surface area (Å²) >= 11 is 0. The molecule has 122 valence electrons. The molecule has 0 aliphatic carbocycles. The summed E-state index contributed by atoms with van der Waals surface area (Å²) in [5.41, 5.74) is 18.0. The third kappa shape index (κ3) is 11.7.